The van der Waals surface area contributed by atoms with E-state index in [0.717, 1.165) is 19.3 Å². The van der Waals surface area contributed by atoms with Gasteiger partial charge in [0.2, 0.25) is 5.69 Å². The maximum atomic E-state index is 7.28. The second-order valence-electron chi connectivity index (χ2n) is 13.7. The number of allylic oxidation sites excluding steroid dienone is 6. The lowest BCUT2D eigenvalue weighted by molar-refractivity contribution is -0.401. The van der Waals surface area contributed by atoms with Gasteiger partial charge in [-0.3, -0.25) is 0 Å². The van der Waals surface area contributed by atoms with Crippen LogP contribution in [-0.4, -0.2) is 29.8 Å². The van der Waals surface area contributed by atoms with E-state index < -0.39 is 0 Å². The van der Waals surface area contributed by atoms with Crippen LogP contribution in [0.2, 0.25) is 0 Å². The molecule has 0 N–H and O–H groups in total. The van der Waals surface area contributed by atoms with Crippen LogP contribution in [0.5, 0.6) is 0 Å². The highest BCUT2D eigenvalue weighted by Gasteiger charge is 2.44. The Morgan fingerprint density at radius 2 is 1.47 bits per heavy atom. The van der Waals surface area contributed by atoms with Crippen molar-refractivity contribution in [2.24, 2.45) is 5.92 Å². The van der Waals surface area contributed by atoms with Crippen LogP contribution in [0.4, 0.5) is 11.4 Å². The summed E-state index contributed by atoms with van der Waals surface area (Å²) in [6.07, 6.45) is 12.8. The molecule has 1 fully saturated rings. The number of likely N-dealkylation sites (N-methyl/N-ethyl adjacent to an activating group) is 1. The molecule has 3 aliphatic rings. The quantitative estimate of drug-likeness (QED) is 0.171. The Morgan fingerprint density at radius 3 is 2.19 bits per heavy atom. The van der Waals surface area contributed by atoms with Crippen molar-refractivity contribution in [2.45, 2.75) is 63.2 Å². The van der Waals surface area contributed by atoms with Gasteiger partial charge in [-0.2, -0.15) is 4.58 Å². The van der Waals surface area contributed by atoms with E-state index in [1.807, 2.05) is 0 Å². The number of alkyl halides is 1. The molecule has 2 aliphatic heterocycles. The van der Waals surface area contributed by atoms with E-state index in [1.165, 1.54) is 61.0 Å². The first kappa shape index (κ1) is 28.2. The molecule has 218 valence electrons. The highest BCUT2D eigenvalue weighted by molar-refractivity contribution is 6.23. The first-order valence-corrected chi connectivity index (χ1v) is 16.2. The summed E-state index contributed by atoms with van der Waals surface area (Å²) in [7, 11) is 4.41. The lowest BCUT2D eigenvalue weighted by Crippen LogP contribution is -2.28. The monoisotopic (exact) mass is 585 g/mol. The number of anilines is 1. The van der Waals surface area contributed by atoms with Gasteiger partial charge in [-0.25, -0.2) is 0 Å². The zero-order valence-corrected chi connectivity index (χ0v) is 27.0. The van der Waals surface area contributed by atoms with Gasteiger partial charge in [0.25, 0.3) is 0 Å². The molecule has 0 amide bonds. The summed E-state index contributed by atoms with van der Waals surface area (Å²) in [5.41, 5.74) is 9.27. The number of hydrogen-bond donors (Lipinski definition) is 0. The number of rotatable bonds is 3. The minimum atomic E-state index is -0.0910. The van der Waals surface area contributed by atoms with E-state index in [1.54, 1.807) is 0 Å². The fourth-order valence-electron chi connectivity index (χ4n) is 8.26. The third-order valence-corrected chi connectivity index (χ3v) is 11.1. The number of halogens is 1. The van der Waals surface area contributed by atoms with E-state index in [0.29, 0.717) is 5.92 Å². The van der Waals surface area contributed by atoms with E-state index in [-0.39, 0.29) is 16.2 Å². The lowest BCUT2D eigenvalue weighted by atomic mass is 9.78. The van der Waals surface area contributed by atoms with E-state index in [9.17, 15) is 0 Å². The molecular weight excluding hydrogens is 544 g/mol. The summed E-state index contributed by atoms with van der Waals surface area (Å²) < 4.78 is 2.38. The summed E-state index contributed by atoms with van der Waals surface area (Å²) in [6.45, 7) is 9.43. The molecule has 7 rings (SSSR count). The molecule has 43 heavy (non-hydrogen) atoms. The Labute approximate surface area is 261 Å². The molecule has 1 aliphatic carbocycles. The molecule has 4 aromatic carbocycles. The molecule has 0 radical (unpaired) electrons. The van der Waals surface area contributed by atoms with Gasteiger partial charge in [0.1, 0.15) is 7.05 Å². The molecule has 0 spiro atoms. The highest BCUT2D eigenvalue weighted by Crippen LogP contribution is 2.50. The van der Waals surface area contributed by atoms with Crippen molar-refractivity contribution in [1.82, 2.24) is 0 Å². The molecule has 2 atom stereocenters. The molecule has 2 heterocycles. The highest BCUT2D eigenvalue weighted by atomic mass is 35.5. The summed E-state index contributed by atoms with van der Waals surface area (Å²) in [6, 6.07) is 26.6. The van der Waals surface area contributed by atoms with Gasteiger partial charge in [0.15, 0.2) is 5.71 Å². The van der Waals surface area contributed by atoms with Gasteiger partial charge in [-0.05, 0) is 84.3 Å². The zero-order chi connectivity index (χ0) is 30.1. The van der Waals surface area contributed by atoms with Crippen molar-refractivity contribution in [3.8, 4) is 0 Å². The second-order valence-corrected chi connectivity index (χ2v) is 14.2. The van der Waals surface area contributed by atoms with Crippen molar-refractivity contribution < 1.29 is 4.58 Å². The Morgan fingerprint density at radius 1 is 0.814 bits per heavy atom. The Bertz CT molecular complexity index is 1900. The Hall–Kier alpha value is -3.62. The largest absolute Gasteiger partial charge is 0.347 e. The van der Waals surface area contributed by atoms with Crippen LogP contribution in [0.15, 0.2) is 108 Å². The number of nitrogens with zero attached hydrogens (tertiary/aromatic N) is 2. The molecule has 0 aromatic heterocycles. The fraction of sp³-hybridized carbons (Fsp3) is 0.325. The zero-order valence-electron chi connectivity index (χ0n) is 26.3. The molecule has 0 saturated heterocycles. The lowest BCUT2D eigenvalue weighted by Gasteiger charge is -2.28. The summed E-state index contributed by atoms with van der Waals surface area (Å²) in [5, 5.41) is 5.30. The van der Waals surface area contributed by atoms with Crippen LogP contribution in [0.1, 0.15) is 58.1 Å². The minimum absolute atomic E-state index is 0.00139. The van der Waals surface area contributed by atoms with Crippen molar-refractivity contribution in [2.75, 3.05) is 19.0 Å². The van der Waals surface area contributed by atoms with Crippen molar-refractivity contribution in [3.63, 3.8) is 0 Å². The van der Waals surface area contributed by atoms with E-state index in [2.05, 4.69) is 148 Å². The molecule has 1 saturated carbocycles. The van der Waals surface area contributed by atoms with Gasteiger partial charge in [0, 0.05) is 41.6 Å². The van der Waals surface area contributed by atoms with Crippen LogP contribution in [-0.2, 0) is 10.8 Å². The predicted octanol–water partition coefficient (Wildman–Crippen LogP) is 10.2. The predicted molar refractivity (Wildman–Crippen MR) is 185 cm³/mol. The van der Waals surface area contributed by atoms with Gasteiger partial charge in [0.05, 0.1) is 10.8 Å². The van der Waals surface area contributed by atoms with Gasteiger partial charge in [-0.1, -0.05) is 86.2 Å². The smallest absolute Gasteiger partial charge is 0.210 e. The molecule has 2 unspecified atom stereocenters. The number of hydrogen-bond acceptors (Lipinski definition) is 1. The van der Waals surface area contributed by atoms with Crippen LogP contribution in [0, 0.1) is 5.92 Å². The first-order valence-electron chi connectivity index (χ1n) is 15.7. The normalized spacial score (nSPS) is 24.6. The van der Waals surface area contributed by atoms with Crippen LogP contribution < -0.4 is 4.90 Å². The Balaban J connectivity index is 1.17. The van der Waals surface area contributed by atoms with E-state index >= 15 is 0 Å². The minimum Gasteiger partial charge on any atom is -0.347 e. The SMILES string of the molecule is CN1C(=CC=C2CCCC(C=CC3=[N+](C)c4ccc5ccccc5c4C3(C)C)C2Cl)C(C)(C)c2c1ccc1ccccc21. The standard InChI is InChI=1S/C40H42ClN2/c1-39(2)34(42(5)32-22-18-26-12-7-9-16-30(26)36(32)39)24-20-28-14-11-15-29(38(28)41)21-25-35-40(3,4)37-31-17-10-8-13-27(31)19-23-33(37)43(35)6/h7-10,12-13,16-25,28,38H,11,14-15H2,1-6H3/q+1. The van der Waals surface area contributed by atoms with Gasteiger partial charge >= 0.3 is 0 Å². The molecule has 4 aromatic rings. The van der Waals surface area contributed by atoms with Gasteiger partial charge < -0.3 is 4.90 Å². The Kier molecular flexibility index (Phi) is 6.71. The average molecular weight is 586 g/mol. The summed E-state index contributed by atoms with van der Waals surface area (Å²) >= 11 is 7.28. The maximum Gasteiger partial charge on any atom is 0.210 e. The first-order chi connectivity index (χ1) is 20.6. The van der Waals surface area contributed by atoms with Crippen LogP contribution >= 0.6 is 11.6 Å². The number of benzene rings is 4. The van der Waals surface area contributed by atoms with Crippen LogP contribution in [0.25, 0.3) is 21.5 Å². The van der Waals surface area contributed by atoms with Crippen molar-refractivity contribution in [1.29, 1.82) is 0 Å². The van der Waals surface area contributed by atoms with Gasteiger partial charge in [-0.15, -0.1) is 11.6 Å². The molecule has 3 heteroatoms. The average Bonchev–Trinajstić information content (AvgIpc) is 3.33. The maximum absolute atomic E-state index is 7.28. The topological polar surface area (TPSA) is 6.25 Å². The molecule has 2 nitrogen and oxygen atoms in total. The van der Waals surface area contributed by atoms with E-state index in [4.69, 9.17) is 11.6 Å². The second kappa shape index (κ2) is 10.2. The van der Waals surface area contributed by atoms with Crippen molar-refractivity contribution >= 4 is 50.2 Å². The molecular formula is C40H42ClN2+. The van der Waals surface area contributed by atoms with Crippen LogP contribution in [0.3, 0.4) is 0 Å². The number of fused-ring (bicyclic) bond motifs is 6. The fourth-order valence-corrected chi connectivity index (χ4v) is 8.65. The summed E-state index contributed by atoms with van der Waals surface area (Å²) in [4.78, 5) is 2.37. The third-order valence-electron chi connectivity index (χ3n) is 10.5. The summed E-state index contributed by atoms with van der Waals surface area (Å²) in [5.74, 6) is 0.313. The van der Waals surface area contributed by atoms with Crippen molar-refractivity contribution in [3.05, 3.63) is 119 Å². The third kappa shape index (κ3) is 4.32. The molecule has 0 bridgehead atoms.